The number of carbonyl (C=O) groups is 1. The summed E-state index contributed by atoms with van der Waals surface area (Å²) in [6.45, 7) is -0.408. The second kappa shape index (κ2) is 12.4. The molecule has 0 amide bonds. The molecule has 0 spiro atoms. The Morgan fingerprint density at radius 3 is 1.89 bits per heavy atom. The second-order valence-corrected chi connectivity index (χ2v) is 9.19. The lowest BCUT2D eigenvalue weighted by Gasteiger charge is -2.13. The topological polar surface area (TPSA) is 55.8 Å². The molecule has 4 aromatic carbocycles. The van der Waals surface area contributed by atoms with Crippen molar-refractivity contribution in [1.29, 1.82) is 0 Å². The van der Waals surface area contributed by atoms with Gasteiger partial charge in [-0.3, -0.25) is 0 Å². The molecular weight excluding hydrogens is 513 g/mol. The maximum Gasteiger partial charge on any atom is 0.573 e. The molecule has 0 atom stereocenters. The first-order valence-corrected chi connectivity index (χ1v) is 12.5. The maximum absolute atomic E-state index is 12.6. The van der Waals surface area contributed by atoms with Crippen molar-refractivity contribution >= 4 is 23.3 Å². The number of halogens is 3. The quantitative estimate of drug-likeness (QED) is 0.209. The maximum atomic E-state index is 12.6. The molecule has 0 fully saturated rings. The number of rotatable bonds is 10. The van der Waals surface area contributed by atoms with Crippen LogP contribution in [0.2, 0.25) is 0 Å². The van der Waals surface area contributed by atoms with Crippen LogP contribution in [0.3, 0.4) is 0 Å². The van der Waals surface area contributed by atoms with E-state index in [0.717, 1.165) is 32.7 Å². The van der Waals surface area contributed by atoms with E-state index in [1.54, 1.807) is 36.0 Å². The number of carboxylic acid groups (broad SMARTS) is 1. The SMILES string of the molecule is O=C(O)COc1ccc(SC/C=C(/c2ccc(OC(F)(F)F)cc2)c2ccc(-c3ccccc3)cc2)cc1. The van der Waals surface area contributed by atoms with Crippen LogP contribution in [0.4, 0.5) is 13.2 Å². The number of hydrogen-bond donors (Lipinski definition) is 1. The molecule has 0 aliphatic heterocycles. The number of hydrogen-bond acceptors (Lipinski definition) is 4. The molecule has 0 aliphatic rings. The molecule has 0 aliphatic carbocycles. The van der Waals surface area contributed by atoms with Gasteiger partial charge in [-0.15, -0.1) is 24.9 Å². The van der Waals surface area contributed by atoms with Crippen molar-refractivity contribution in [3.63, 3.8) is 0 Å². The van der Waals surface area contributed by atoms with Gasteiger partial charge in [-0.2, -0.15) is 0 Å². The first-order chi connectivity index (χ1) is 18.3. The van der Waals surface area contributed by atoms with Gasteiger partial charge in [0.1, 0.15) is 11.5 Å². The molecule has 38 heavy (non-hydrogen) atoms. The third-order valence-corrected chi connectivity index (χ3v) is 6.36. The first kappa shape index (κ1) is 26.9. The van der Waals surface area contributed by atoms with Crippen LogP contribution < -0.4 is 9.47 Å². The van der Waals surface area contributed by atoms with Gasteiger partial charge in [-0.05, 0) is 64.2 Å². The van der Waals surface area contributed by atoms with Gasteiger partial charge in [0.25, 0.3) is 0 Å². The van der Waals surface area contributed by atoms with Gasteiger partial charge in [0.15, 0.2) is 6.61 Å². The Morgan fingerprint density at radius 1 is 0.763 bits per heavy atom. The fourth-order valence-electron chi connectivity index (χ4n) is 3.71. The highest BCUT2D eigenvalue weighted by Crippen LogP contribution is 2.31. The van der Waals surface area contributed by atoms with Crippen molar-refractivity contribution < 1.29 is 32.5 Å². The van der Waals surface area contributed by atoms with E-state index in [4.69, 9.17) is 9.84 Å². The highest BCUT2D eigenvalue weighted by molar-refractivity contribution is 7.99. The van der Waals surface area contributed by atoms with Crippen LogP contribution in [0.1, 0.15) is 11.1 Å². The van der Waals surface area contributed by atoms with E-state index < -0.39 is 18.9 Å². The van der Waals surface area contributed by atoms with E-state index in [1.807, 2.05) is 72.8 Å². The number of ether oxygens (including phenoxy) is 2. The summed E-state index contributed by atoms with van der Waals surface area (Å²) in [6.07, 6.45) is -2.73. The smallest absolute Gasteiger partial charge is 0.482 e. The Kier molecular flexibility index (Phi) is 8.76. The van der Waals surface area contributed by atoms with Crippen molar-refractivity contribution in [2.24, 2.45) is 0 Å². The van der Waals surface area contributed by atoms with E-state index in [0.29, 0.717) is 11.5 Å². The van der Waals surface area contributed by atoms with Crippen molar-refractivity contribution in [3.05, 3.63) is 120 Å². The molecule has 0 unspecified atom stereocenters. The van der Waals surface area contributed by atoms with Gasteiger partial charge in [-0.25, -0.2) is 4.79 Å². The normalized spacial score (nSPS) is 11.7. The number of benzene rings is 4. The minimum absolute atomic E-state index is 0.278. The predicted molar refractivity (Wildman–Crippen MR) is 142 cm³/mol. The van der Waals surface area contributed by atoms with Crippen LogP contribution in [-0.2, 0) is 4.79 Å². The van der Waals surface area contributed by atoms with Crippen molar-refractivity contribution in [2.75, 3.05) is 12.4 Å². The second-order valence-electron chi connectivity index (χ2n) is 8.10. The van der Waals surface area contributed by atoms with Crippen LogP contribution in [0.15, 0.2) is 114 Å². The predicted octanol–water partition coefficient (Wildman–Crippen LogP) is 7.94. The Bertz CT molecular complexity index is 1370. The summed E-state index contributed by atoms with van der Waals surface area (Å²) < 4.78 is 47.0. The molecular formula is C30H23F3O4S. The van der Waals surface area contributed by atoms with Gasteiger partial charge in [0.2, 0.25) is 0 Å². The van der Waals surface area contributed by atoms with E-state index in [1.165, 1.54) is 12.1 Å². The summed E-state index contributed by atoms with van der Waals surface area (Å²) in [5.41, 5.74) is 4.70. The summed E-state index contributed by atoms with van der Waals surface area (Å²) in [5.74, 6) is -0.269. The third-order valence-electron chi connectivity index (χ3n) is 5.43. The average Bonchev–Trinajstić information content (AvgIpc) is 2.91. The lowest BCUT2D eigenvalue weighted by Crippen LogP contribution is -2.17. The van der Waals surface area contributed by atoms with E-state index in [-0.39, 0.29) is 5.75 Å². The van der Waals surface area contributed by atoms with Gasteiger partial charge in [0.05, 0.1) is 0 Å². The monoisotopic (exact) mass is 536 g/mol. The first-order valence-electron chi connectivity index (χ1n) is 11.6. The molecule has 4 rings (SSSR count). The minimum atomic E-state index is -4.75. The molecule has 4 nitrogen and oxygen atoms in total. The van der Waals surface area contributed by atoms with Crippen LogP contribution >= 0.6 is 11.8 Å². The van der Waals surface area contributed by atoms with Crippen molar-refractivity contribution in [3.8, 4) is 22.6 Å². The number of carboxylic acids is 1. The van der Waals surface area contributed by atoms with Crippen molar-refractivity contribution in [2.45, 2.75) is 11.3 Å². The molecule has 1 N–H and O–H groups in total. The molecule has 0 aromatic heterocycles. The lowest BCUT2D eigenvalue weighted by atomic mass is 9.95. The van der Waals surface area contributed by atoms with E-state index in [9.17, 15) is 18.0 Å². The standard InChI is InChI=1S/C30H23F3O4S/c31-30(32,33)37-26-12-10-24(11-13-26)28(23-8-6-22(7-9-23)21-4-2-1-3-5-21)18-19-38-27-16-14-25(15-17-27)36-20-29(34)35/h1-18H,19-20H2,(H,34,35)/b28-18+. The summed E-state index contributed by atoms with van der Waals surface area (Å²) in [4.78, 5) is 11.6. The summed E-state index contributed by atoms with van der Waals surface area (Å²) in [6, 6.07) is 30.9. The molecule has 0 bridgehead atoms. The summed E-state index contributed by atoms with van der Waals surface area (Å²) >= 11 is 1.56. The summed E-state index contributed by atoms with van der Waals surface area (Å²) in [7, 11) is 0. The Labute approximate surface area is 222 Å². The molecule has 4 aromatic rings. The molecule has 194 valence electrons. The van der Waals surface area contributed by atoms with Gasteiger partial charge in [0, 0.05) is 10.6 Å². The fourth-order valence-corrected chi connectivity index (χ4v) is 4.48. The molecule has 0 heterocycles. The zero-order valence-corrected chi connectivity index (χ0v) is 20.8. The fraction of sp³-hybridized carbons (Fsp3) is 0.100. The van der Waals surface area contributed by atoms with Gasteiger partial charge in [-0.1, -0.05) is 72.8 Å². The molecule has 8 heteroatoms. The van der Waals surface area contributed by atoms with E-state index in [2.05, 4.69) is 4.74 Å². The van der Waals surface area contributed by atoms with E-state index >= 15 is 0 Å². The average molecular weight is 537 g/mol. The zero-order chi connectivity index (χ0) is 27.0. The zero-order valence-electron chi connectivity index (χ0n) is 20.0. The van der Waals surface area contributed by atoms with Crippen LogP contribution in [0, 0.1) is 0 Å². The largest absolute Gasteiger partial charge is 0.573 e. The minimum Gasteiger partial charge on any atom is -0.482 e. The Morgan fingerprint density at radius 2 is 1.32 bits per heavy atom. The highest BCUT2D eigenvalue weighted by Gasteiger charge is 2.31. The molecule has 0 saturated heterocycles. The Balaban J connectivity index is 1.55. The van der Waals surface area contributed by atoms with Crippen LogP contribution in [0.5, 0.6) is 11.5 Å². The lowest BCUT2D eigenvalue weighted by molar-refractivity contribution is -0.274. The number of alkyl halides is 3. The van der Waals surface area contributed by atoms with Crippen LogP contribution in [0.25, 0.3) is 16.7 Å². The number of aliphatic carboxylic acids is 1. The van der Waals surface area contributed by atoms with Gasteiger partial charge >= 0.3 is 12.3 Å². The third kappa shape index (κ3) is 7.91. The summed E-state index contributed by atoms with van der Waals surface area (Å²) in [5, 5.41) is 8.73. The Hall–Kier alpha value is -4.17. The number of thioether (sulfide) groups is 1. The van der Waals surface area contributed by atoms with Gasteiger partial charge < -0.3 is 14.6 Å². The van der Waals surface area contributed by atoms with Crippen molar-refractivity contribution in [1.82, 2.24) is 0 Å². The molecule has 0 radical (unpaired) electrons. The molecule has 0 saturated carbocycles. The van der Waals surface area contributed by atoms with Crippen LogP contribution in [-0.4, -0.2) is 29.8 Å². The highest BCUT2D eigenvalue weighted by atomic mass is 32.2.